The van der Waals surface area contributed by atoms with Crippen LogP contribution in [0.1, 0.15) is 40.5 Å². The van der Waals surface area contributed by atoms with E-state index in [-0.39, 0.29) is 5.91 Å². The maximum atomic E-state index is 11.6. The lowest BCUT2D eigenvalue weighted by Crippen LogP contribution is -2.39. The fraction of sp³-hybridized carbons (Fsp3) is 0.917. The zero-order valence-corrected chi connectivity index (χ0v) is 10.7. The molecular weight excluding hydrogens is 188 g/mol. The first-order chi connectivity index (χ1) is 7.19. The van der Waals surface area contributed by atoms with Gasteiger partial charge < -0.3 is 10.2 Å². The average molecular weight is 214 g/mol. The maximum Gasteiger partial charge on any atom is 0.236 e. The normalized spacial score (nSPS) is 10.7. The molecule has 0 aromatic heterocycles. The number of amides is 1. The first kappa shape index (κ1) is 14.4. The molecule has 0 aliphatic heterocycles. The van der Waals surface area contributed by atoms with E-state index < -0.39 is 0 Å². The van der Waals surface area contributed by atoms with Crippen molar-refractivity contribution in [2.75, 3.05) is 26.2 Å². The van der Waals surface area contributed by atoms with Gasteiger partial charge in [0.1, 0.15) is 0 Å². The summed E-state index contributed by atoms with van der Waals surface area (Å²) in [6.07, 6.45) is 2.37. The van der Waals surface area contributed by atoms with E-state index in [1.54, 1.807) is 0 Å². The summed E-state index contributed by atoms with van der Waals surface area (Å²) < 4.78 is 0. The van der Waals surface area contributed by atoms with Crippen molar-refractivity contribution in [3.8, 4) is 0 Å². The Morgan fingerprint density at radius 1 is 1.13 bits per heavy atom. The van der Waals surface area contributed by atoms with Gasteiger partial charge in [0.2, 0.25) is 5.91 Å². The topological polar surface area (TPSA) is 32.3 Å². The number of carbonyl (C=O) groups is 1. The number of carbonyl (C=O) groups excluding carboxylic acids is 1. The Morgan fingerprint density at radius 3 is 2.07 bits per heavy atom. The van der Waals surface area contributed by atoms with Crippen LogP contribution < -0.4 is 5.32 Å². The van der Waals surface area contributed by atoms with Crippen LogP contribution in [0.5, 0.6) is 0 Å². The highest BCUT2D eigenvalue weighted by molar-refractivity contribution is 5.78. The van der Waals surface area contributed by atoms with Crippen LogP contribution in [0.3, 0.4) is 0 Å². The predicted molar refractivity (Wildman–Crippen MR) is 64.9 cm³/mol. The highest BCUT2D eigenvalue weighted by atomic mass is 16.2. The van der Waals surface area contributed by atoms with Crippen molar-refractivity contribution >= 4 is 5.91 Å². The number of hydrogen-bond acceptors (Lipinski definition) is 2. The Bertz CT molecular complexity index is 163. The van der Waals surface area contributed by atoms with E-state index in [0.717, 1.165) is 19.6 Å². The van der Waals surface area contributed by atoms with Gasteiger partial charge in [-0.25, -0.2) is 0 Å². The van der Waals surface area contributed by atoms with E-state index >= 15 is 0 Å². The van der Waals surface area contributed by atoms with Crippen LogP contribution in [-0.4, -0.2) is 37.0 Å². The third-order valence-corrected chi connectivity index (χ3v) is 2.98. The molecule has 90 valence electrons. The Hall–Kier alpha value is -0.570. The average Bonchev–Trinajstić information content (AvgIpc) is 2.26. The molecule has 0 aliphatic carbocycles. The SMILES string of the molecule is CCC(CC)CNCC(=O)N(CC)CC. The van der Waals surface area contributed by atoms with Gasteiger partial charge in [-0.3, -0.25) is 4.79 Å². The fourth-order valence-electron chi connectivity index (χ4n) is 1.65. The van der Waals surface area contributed by atoms with Gasteiger partial charge in [-0.1, -0.05) is 26.7 Å². The van der Waals surface area contributed by atoms with Gasteiger partial charge in [-0.05, 0) is 26.3 Å². The third kappa shape index (κ3) is 5.78. The maximum absolute atomic E-state index is 11.6. The standard InChI is InChI=1S/C12H26N2O/c1-5-11(6-2)9-13-10-12(15)14(7-3)8-4/h11,13H,5-10H2,1-4H3. The van der Waals surface area contributed by atoms with Crippen molar-refractivity contribution in [1.29, 1.82) is 0 Å². The van der Waals surface area contributed by atoms with Crippen LogP contribution in [0.25, 0.3) is 0 Å². The Labute approximate surface area is 94.2 Å². The summed E-state index contributed by atoms with van der Waals surface area (Å²) in [5.41, 5.74) is 0. The second kappa shape index (κ2) is 8.72. The summed E-state index contributed by atoms with van der Waals surface area (Å²) in [6, 6.07) is 0. The molecule has 0 bridgehead atoms. The molecule has 0 spiro atoms. The molecule has 0 atom stereocenters. The van der Waals surface area contributed by atoms with Crippen LogP contribution in [-0.2, 0) is 4.79 Å². The smallest absolute Gasteiger partial charge is 0.236 e. The summed E-state index contributed by atoms with van der Waals surface area (Å²) >= 11 is 0. The number of rotatable bonds is 8. The Balaban J connectivity index is 3.70. The Kier molecular flexibility index (Phi) is 8.38. The molecular formula is C12H26N2O. The molecule has 0 fully saturated rings. The molecule has 0 radical (unpaired) electrons. The molecule has 3 heteroatoms. The first-order valence-electron chi connectivity index (χ1n) is 6.17. The van der Waals surface area contributed by atoms with Crippen molar-refractivity contribution in [3.63, 3.8) is 0 Å². The summed E-state index contributed by atoms with van der Waals surface area (Å²) in [4.78, 5) is 13.5. The van der Waals surface area contributed by atoms with Gasteiger partial charge in [0.05, 0.1) is 6.54 Å². The van der Waals surface area contributed by atoms with E-state index in [0.29, 0.717) is 12.5 Å². The molecule has 1 N–H and O–H groups in total. The van der Waals surface area contributed by atoms with E-state index in [2.05, 4.69) is 19.2 Å². The van der Waals surface area contributed by atoms with E-state index in [9.17, 15) is 4.79 Å². The molecule has 0 unspecified atom stereocenters. The number of hydrogen-bond donors (Lipinski definition) is 1. The number of nitrogens with zero attached hydrogens (tertiary/aromatic N) is 1. The Morgan fingerprint density at radius 2 is 1.67 bits per heavy atom. The minimum absolute atomic E-state index is 0.214. The van der Waals surface area contributed by atoms with Crippen molar-refractivity contribution in [2.45, 2.75) is 40.5 Å². The lowest BCUT2D eigenvalue weighted by atomic mass is 10.0. The van der Waals surface area contributed by atoms with Gasteiger partial charge in [0, 0.05) is 13.1 Å². The number of likely N-dealkylation sites (N-methyl/N-ethyl adjacent to an activating group) is 1. The largest absolute Gasteiger partial charge is 0.342 e. The second-order valence-corrected chi connectivity index (χ2v) is 3.88. The summed E-state index contributed by atoms with van der Waals surface area (Å²) in [5, 5.41) is 3.24. The molecule has 0 saturated heterocycles. The van der Waals surface area contributed by atoms with E-state index in [1.165, 1.54) is 12.8 Å². The van der Waals surface area contributed by atoms with E-state index in [4.69, 9.17) is 0 Å². The molecule has 0 saturated carbocycles. The highest BCUT2D eigenvalue weighted by Crippen LogP contribution is 2.04. The molecule has 15 heavy (non-hydrogen) atoms. The van der Waals surface area contributed by atoms with E-state index in [1.807, 2.05) is 18.7 Å². The molecule has 0 heterocycles. The summed E-state index contributed by atoms with van der Waals surface area (Å²) in [6.45, 7) is 11.5. The van der Waals surface area contributed by atoms with Crippen molar-refractivity contribution in [2.24, 2.45) is 5.92 Å². The zero-order valence-electron chi connectivity index (χ0n) is 10.7. The highest BCUT2D eigenvalue weighted by Gasteiger charge is 2.09. The van der Waals surface area contributed by atoms with Crippen LogP contribution in [0.15, 0.2) is 0 Å². The predicted octanol–water partition coefficient (Wildman–Crippen LogP) is 1.88. The van der Waals surface area contributed by atoms with Crippen LogP contribution in [0.2, 0.25) is 0 Å². The zero-order chi connectivity index (χ0) is 11.7. The van der Waals surface area contributed by atoms with Crippen molar-refractivity contribution in [3.05, 3.63) is 0 Å². The monoisotopic (exact) mass is 214 g/mol. The summed E-state index contributed by atoms with van der Waals surface area (Å²) in [5.74, 6) is 0.917. The molecule has 1 amide bonds. The minimum atomic E-state index is 0.214. The van der Waals surface area contributed by atoms with Gasteiger partial charge in [0.25, 0.3) is 0 Å². The lowest BCUT2D eigenvalue weighted by Gasteiger charge is -2.20. The molecule has 3 nitrogen and oxygen atoms in total. The first-order valence-corrected chi connectivity index (χ1v) is 6.17. The summed E-state index contributed by atoms with van der Waals surface area (Å²) in [7, 11) is 0. The van der Waals surface area contributed by atoms with Crippen molar-refractivity contribution < 1.29 is 4.79 Å². The van der Waals surface area contributed by atoms with Crippen LogP contribution in [0.4, 0.5) is 0 Å². The molecule has 0 rings (SSSR count). The molecule has 0 aromatic rings. The van der Waals surface area contributed by atoms with Gasteiger partial charge >= 0.3 is 0 Å². The second-order valence-electron chi connectivity index (χ2n) is 3.88. The quantitative estimate of drug-likeness (QED) is 0.669. The molecule has 0 aromatic carbocycles. The van der Waals surface area contributed by atoms with Crippen molar-refractivity contribution in [1.82, 2.24) is 10.2 Å². The third-order valence-electron chi connectivity index (χ3n) is 2.98. The fourth-order valence-corrected chi connectivity index (χ4v) is 1.65. The van der Waals surface area contributed by atoms with Gasteiger partial charge in [0.15, 0.2) is 0 Å². The van der Waals surface area contributed by atoms with Gasteiger partial charge in [-0.2, -0.15) is 0 Å². The lowest BCUT2D eigenvalue weighted by molar-refractivity contribution is -0.129. The minimum Gasteiger partial charge on any atom is -0.342 e. The molecule has 0 aliphatic rings. The van der Waals surface area contributed by atoms with Crippen LogP contribution in [0, 0.1) is 5.92 Å². The van der Waals surface area contributed by atoms with Crippen LogP contribution >= 0.6 is 0 Å². The number of nitrogens with one attached hydrogen (secondary N) is 1. The van der Waals surface area contributed by atoms with Gasteiger partial charge in [-0.15, -0.1) is 0 Å².